The van der Waals surface area contributed by atoms with E-state index in [2.05, 4.69) is 21.7 Å². The van der Waals surface area contributed by atoms with Crippen LogP contribution in [-0.2, 0) is 19.1 Å². The molecule has 0 bridgehead atoms. The average molecular weight is 392 g/mol. The van der Waals surface area contributed by atoms with Gasteiger partial charge in [0.25, 0.3) is 0 Å². The highest BCUT2D eigenvalue weighted by atomic mass is 16.5. The van der Waals surface area contributed by atoms with Gasteiger partial charge in [-0.1, -0.05) is 51.9 Å². The normalized spacial score (nSPS) is 11.0. The van der Waals surface area contributed by atoms with E-state index in [4.69, 9.17) is 4.74 Å². The highest BCUT2D eigenvalue weighted by Crippen LogP contribution is 2.18. The first-order valence-electron chi connectivity index (χ1n) is 9.98. The van der Waals surface area contributed by atoms with E-state index < -0.39 is 11.9 Å². The fourth-order valence-corrected chi connectivity index (χ4v) is 2.65. The number of hydrogen-bond donors (Lipinski definition) is 1. The molecule has 0 aromatic heterocycles. The van der Waals surface area contributed by atoms with Crippen molar-refractivity contribution in [2.75, 3.05) is 26.1 Å². The van der Waals surface area contributed by atoms with Crippen molar-refractivity contribution in [3.05, 3.63) is 36.0 Å². The Hall–Kier alpha value is -2.50. The molecule has 6 nitrogen and oxygen atoms in total. The maximum atomic E-state index is 11.8. The van der Waals surface area contributed by atoms with Crippen molar-refractivity contribution in [2.45, 2.75) is 58.3 Å². The zero-order valence-electron chi connectivity index (χ0n) is 17.3. The first kappa shape index (κ1) is 23.5. The number of esters is 2. The molecule has 0 aliphatic rings. The van der Waals surface area contributed by atoms with Gasteiger partial charge < -0.3 is 19.5 Å². The van der Waals surface area contributed by atoms with Gasteiger partial charge >= 0.3 is 11.9 Å². The van der Waals surface area contributed by atoms with Crippen LogP contribution in [0.5, 0.6) is 5.75 Å². The van der Waals surface area contributed by atoms with Crippen molar-refractivity contribution in [1.29, 1.82) is 0 Å². The SMILES string of the molecule is CCCCCCCCCCOc1ccc(N/C(=C/C(=O)OC)C(=O)OC)cc1. The summed E-state index contributed by atoms with van der Waals surface area (Å²) in [6, 6.07) is 7.19. The maximum Gasteiger partial charge on any atom is 0.354 e. The van der Waals surface area contributed by atoms with Crippen LogP contribution >= 0.6 is 0 Å². The second kappa shape index (κ2) is 14.5. The first-order chi connectivity index (χ1) is 13.6. The molecule has 0 aliphatic carbocycles. The molecule has 0 unspecified atom stereocenters. The van der Waals surface area contributed by atoms with E-state index in [1.807, 2.05) is 12.1 Å². The second-order valence-electron chi connectivity index (χ2n) is 6.55. The summed E-state index contributed by atoms with van der Waals surface area (Å²) < 4.78 is 15.0. The van der Waals surface area contributed by atoms with Gasteiger partial charge in [-0.15, -0.1) is 0 Å². The van der Waals surface area contributed by atoms with Crippen molar-refractivity contribution in [3.8, 4) is 5.75 Å². The summed E-state index contributed by atoms with van der Waals surface area (Å²) in [5.74, 6) is -0.524. The molecule has 1 aromatic rings. The molecule has 0 aliphatic heterocycles. The monoisotopic (exact) mass is 391 g/mol. The Morgan fingerprint density at radius 2 is 1.50 bits per heavy atom. The third-order valence-corrected chi connectivity index (χ3v) is 4.27. The van der Waals surface area contributed by atoms with Crippen molar-refractivity contribution < 1.29 is 23.8 Å². The number of ether oxygens (including phenoxy) is 3. The topological polar surface area (TPSA) is 73.9 Å². The lowest BCUT2D eigenvalue weighted by Crippen LogP contribution is -2.15. The van der Waals surface area contributed by atoms with Gasteiger partial charge in [-0.3, -0.25) is 0 Å². The average Bonchev–Trinajstić information content (AvgIpc) is 2.72. The van der Waals surface area contributed by atoms with E-state index in [0.717, 1.165) is 18.2 Å². The molecule has 6 heteroatoms. The maximum absolute atomic E-state index is 11.8. The molecule has 0 saturated heterocycles. The number of methoxy groups -OCH3 is 2. The summed E-state index contributed by atoms with van der Waals surface area (Å²) in [6.45, 7) is 2.93. The van der Waals surface area contributed by atoms with Crippen LogP contribution in [0.4, 0.5) is 5.69 Å². The lowest BCUT2D eigenvalue weighted by atomic mass is 10.1. The molecular formula is C22H33NO5. The van der Waals surface area contributed by atoms with Gasteiger partial charge in [-0.2, -0.15) is 0 Å². The zero-order chi connectivity index (χ0) is 20.6. The number of hydrogen-bond acceptors (Lipinski definition) is 6. The van der Waals surface area contributed by atoms with Crippen LogP contribution in [0.3, 0.4) is 0 Å². The molecule has 1 rings (SSSR count). The van der Waals surface area contributed by atoms with E-state index in [-0.39, 0.29) is 5.70 Å². The smallest absolute Gasteiger partial charge is 0.354 e. The van der Waals surface area contributed by atoms with Crippen LogP contribution in [0.2, 0.25) is 0 Å². The van der Waals surface area contributed by atoms with Crippen LogP contribution in [-0.4, -0.2) is 32.8 Å². The predicted octanol–water partition coefficient (Wildman–Crippen LogP) is 4.85. The van der Waals surface area contributed by atoms with Crippen molar-refractivity contribution in [2.24, 2.45) is 0 Å². The van der Waals surface area contributed by atoms with Gasteiger partial charge in [-0.05, 0) is 30.7 Å². The molecule has 0 saturated carbocycles. The lowest BCUT2D eigenvalue weighted by molar-refractivity contribution is -0.138. The van der Waals surface area contributed by atoms with Crippen LogP contribution in [0.15, 0.2) is 36.0 Å². The minimum Gasteiger partial charge on any atom is -0.494 e. The Bertz CT molecular complexity index is 610. The summed E-state index contributed by atoms with van der Waals surface area (Å²) in [5, 5.41) is 2.86. The number of unbranched alkanes of at least 4 members (excludes halogenated alkanes) is 7. The van der Waals surface area contributed by atoms with Crippen LogP contribution < -0.4 is 10.1 Å². The Morgan fingerprint density at radius 3 is 2.07 bits per heavy atom. The highest BCUT2D eigenvalue weighted by molar-refractivity contribution is 5.98. The Labute approximate surface area is 168 Å². The molecule has 0 radical (unpaired) electrons. The van der Waals surface area contributed by atoms with E-state index >= 15 is 0 Å². The lowest BCUT2D eigenvalue weighted by Gasteiger charge is -2.10. The fraction of sp³-hybridized carbons (Fsp3) is 0.545. The Kier molecular flexibility index (Phi) is 12.2. The second-order valence-corrected chi connectivity index (χ2v) is 6.55. The van der Waals surface area contributed by atoms with Crippen molar-refractivity contribution in [3.63, 3.8) is 0 Å². The van der Waals surface area contributed by atoms with E-state index in [0.29, 0.717) is 12.3 Å². The summed E-state index contributed by atoms with van der Waals surface area (Å²) in [4.78, 5) is 23.1. The minimum absolute atomic E-state index is 0.00181. The van der Waals surface area contributed by atoms with Crippen molar-refractivity contribution in [1.82, 2.24) is 0 Å². The van der Waals surface area contributed by atoms with Gasteiger partial charge in [0.1, 0.15) is 11.4 Å². The fourth-order valence-electron chi connectivity index (χ4n) is 2.65. The number of carbonyl (C=O) groups excluding carboxylic acids is 2. The number of benzene rings is 1. The molecule has 28 heavy (non-hydrogen) atoms. The number of rotatable bonds is 14. The molecular weight excluding hydrogens is 358 g/mol. The molecule has 0 amide bonds. The third-order valence-electron chi connectivity index (χ3n) is 4.27. The number of anilines is 1. The Balaban J connectivity index is 2.37. The predicted molar refractivity (Wildman–Crippen MR) is 110 cm³/mol. The molecule has 156 valence electrons. The Morgan fingerprint density at radius 1 is 0.893 bits per heavy atom. The van der Waals surface area contributed by atoms with Gasteiger partial charge in [0.05, 0.1) is 26.9 Å². The molecule has 0 atom stereocenters. The zero-order valence-corrected chi connectivity index (χ0v) is 17.3. The van der Waals surface area contributed by atoms with Crippen LogP contribution in [0.25, 0.3) is 0 Å². The van der Waals surface area contributed by atoms with Crippen molar-refractivity contribution >= 4 is 17.6 Å². The highest BCUT2D eigenvalue weighted by Gasteiger charge is 2.12. The molecule has 0 spiro atoms. The third kappa shape index (κ3) is 10.00. The molecule has 1 N–H and O–H groups in total. The first-order valence-corrected chi connectivity index (χ1v) is 9.98. The summed E-state index contributed by atoms with van der Waals surface area (Å²) in [7, 11) is 2.49. The standard InChI is InChI=1S/C22H33NO5/c1-4-5-6-7-8-9-10-11-16-28-19-14-12-18(13-15-19)23-20(22(25)27-3)17-21(24)26-2/h12-15,17,23H,4-11,16H2,1-3H3/b20-17+. The van der Waals surface area contributed by atoms with Crippen LogP contribution in [0.1, 0.15) is 58.3 Å². The summed E-state index contributed by atoms with van der Waals surface area (Å²) >= 11 is 0. The largest absolute Gasteiger partial charge is 0.494 e. The van der Waals surface area contributed by atoms with E-state index in [1.165, 1.54) is 59.2 Å². The quantitative estimate of drug-likeness (QED) is 0.278. The van der Waals surface area contributed by atoms with E-state index in [9.17, 15) is 9.59 Å². The summed E-state index contributed by atoms with van der Waals surface area (Å²) in [5.41, 5.74) is 0.641. The van der Waals surface area contributed by atoms with E-state index in [1.54, 1.807) is 12.1 Å². The summed E-state index contributed by atoms with van der Waals surface area (Å²) in [6.07, 6.45) is 11.2. The minimum atomic E-state index is -0.652. The molecule has 1 aromatic carbocycles. The van der Waals surface area contributed by atoms with Gasteiger partial charge in [0, 0.05) is 5.69 Å². The molecule has 0 heterocycles. The number of carbonyl (C=O) groups is 2. The van der Waals surface area contributed by atoms with Gasteiger partial charge in [0.15, 0.2) is 0 Å². The van der Waals surface area contributed by atoms with Crippen LogP contribution in [0, 0.1) is 0 Å². The number of nitrogens with one attached hydrogen (secondary N) is 1. The van der Waals surface area contributed by atoms with Gasteiger partial charge in [-0.25, -0.2) is 9.59 Å². The van der Waals surface area contributed by atoms with Gasteiger partial charge in [0.2, 0.25) is 0 Å². The molecule has 0 fully saturated rings.